The van der Waals surface area contributed by atoms with Crippen molar-refractivity contribution in [3.63, 3.8) is 0 Å². The molecule has 0 aliphatic carbocycles. The number of benzene rings is 3. The zero-order valence-corrected chi connectivity index (χ0v) is 24.3. The summed E-state index contributed by atoms with van der Waals surface area (Å²) in [5, 5.41) is 3.21. The molecule has 0 unspecified atom stereocenters. The number of aromatic nitrogens is 2. The Labute approximate surface area is 241 Å². The van der Waals surface area contributed by atoms with Gasteiger partial charge in [-0.05, 0) is 31.2 Å². The minimum atomic E-state index is -3.68. The Morgan fingerprint density at radius 2 is 1.76 bits per heavy atom. The molecule has 0 bridgehead atoms. The van der Waals surface area contributed by atoms with E-state index >= 15 is 0 Å². The van der Waals surface area contributed by atoms with Crippen molar-refractivity contribution in [1.29, 1.82) is 0 Å². The first kappa shape index (κ1) is 27.3. The van der Waals surface area contributed by atoms with Crippen molar-refractivity contribution in [1.82, 2.24) is 14.9 Å². The van der Waals surface area contributed by atoms with Gasteiger partial charge in [-0.15, -0.1) is 0 Å². The molecule has 0 aliphatic heterocycles. The number of carbonyl (C=O) groups is 1. The SMILES string of the molecule is CNC(=O)c1c(-c2ccc(C)cc2)oc2cc(N(C)S(C)(=O)=O)c(-c3cc(-c4nc5c(F)cccc5o4)n(C)c3)cc12. The number of anilines is 1. The van der Waals surface area contributed by atoms with E-state index in [4.69, 9.17) is 8.83 Å². The molecule has 0 atom stereocenters. The second-order valence-electron chi connectivity index (χ2n) is 10.2. The van der Waals surface area contributed by atoms with Crippen LogP contribution in [0, 0.1) is 12.7 Å². The van der Waals surface area contributed by atoms with Crippen molar-refractivity contribution in [2.45, 2.75) is 6.92 Å². The maximum Gasteiger partial charge on any atom is 0.255 e. The predicted molar refractivity (Wildman–Crippen MR) is 160 cm³/mol. The summed E-state index contributed by atoms with van der Waals surface area (Å²) in [5.74, 6) is -0.261. The summed E-state index contributed by atoms with van der Waals surface area (Å²) in [5.41, 5.74) is 4.92. The Balaban J connectivity index is 1.61. The molecule has 3 heterocycles. The first-order valence-corrected chi connectivity index (χ1v) is 14.9. The van der Waals surface area contributed by atoms with Gasteiger partial charge in [-0.25, -0.2) is 17.8 Å². The molecule has 3 aromatic carbocycles. The predicted octanol–water partition coefficient (Wildman–Crippen LogP) is 6.12. The van der Waals surface area contributed by atoms with Crippen molar-refractivity contribution in [2.75, 3.05) is 24.7 Å². The zero-order valence-electron chi connectivity index (χ0n) is 23.5. The Bertz CT molecular complexity index is 2120. The van der Waals surface area contributed by atoms with Gasteiger partial charge in [0.15, 0.2) is 11.4 Å². The van der Waals surface area contributed by atoms with Crippen LogP contribution in [0.5, 0.6) is 0 Å². The minimum absolute atomic E-state index is 0.117. The summed E-state index contributed by atoms with van der Waals surface area (Å²) >= 11 is 0. The van der Waals surface area contributed by atoms with Crippen LogP contribution in [0.4, 0.5) is 10.1 Å². The summed E-state index contributed by atoms with van der Waals surface area (Å²) in [4.78, 5) is 17.6. The topological polar surface area (TPSA) is 111 Å². The standard InChI is InChI=1S/C31H27FN4O5S/c1-17-9-11-18(12-10-17)29-27(30(37)33-2)21-14-20(23(15-26(21)40-29)36(4)42(5,38)39)19-13-24(35(3)16-19)31-34-28-22(32)7-6-8-25(28)41-31/h6-16H,1-5H3,(H,33,37). The van der Waals surface area contributed by atoms with Crippen LogP contribution in [-0.4, -0.2) is 44.2 Å². The van der Waals surface area contributed by atoms with Crippen molar-refractivity contribution in [2.24, 2.45) is 7.05 Å². The molecular formula is C31H27FN4O5S. The molecular weight excluding hydrogens is 559 g/mol. The number of furan rings is 1. The monoisotopic (exact) mass is 586 g/mol. The Morgan fingerprint density at radius 3 is 2.43 bits per heavy atom. The summed E-state index contributed by atoms with van der Waals surface area (Å²) in [6, 6.07) is 17.2. The molecule has 0 radical (unpaired) electrons. The number of nitrogens with one attached hydrogen (secondary N) is 1. The van der Waals surface area contributed by atoms with Gasteiger partial charge in [-0.2, -0.15) is 0 Å². The van der Waals surface area contributed by atoms with Crippen LogP contribution in [-0.2, 0) is 17.1 Å². The molecule has 0 saturated carbocycles. The van der Waals surface area contributed by atoms with Crippen molar-refractivity contribution in [3.05, 3.63) is 83.8 Å². The lowest BCUT2D eigenvalue weighted by Crippen LogP contribution is -2.25. The normalized spacial score (nSPS) is 11.9. The summed E-state index contributed by atoms with van der Waals surface area (Å²) in [6.07, 6.45) is 2.90. The van der Waals surface area contributed by atoms with Crippen LogP contribution in [0.15, 0.2) is 75.7 Å². The minimum Gasteiger partial charge on any atom is -0.455 e. The van der Waals surface area contributed by atoms with Crippen LogP contribution in [0.3, 0.4) is 0 Å². The molecule has 214 valence electrons. The molecule has 1 N–H and O–H groups in total. The molecule has 6 aromatic rings. The highest BCUT2D eigenvalue weighted by atomic mass is 32.2. The molecule has 0 fully saturated rings. The highest BCUT2D eigenvalue weighted by Crippen LogP contribution is 2.42. The summed E-state index contributed by atoms with van der Waals surface area (Å²) in [6.45, 7) is 1.97. The van der Waals surface area contributed by atoms with Gasteiger partial charge < -0.3 is 18.7 Å². The van der Waals surface area contributed by atoms with Gasteiger partial charge in [0, 0.05) is 55.5 Å². The van der Waals surface area contributed by atoms with E-state index < -0.39 is 15.8 Å². The highest BCUT2D eigenvalue weighted by Gasteiger charge is 2.27. The number of amides is 1. The van der Waals surface area contributed by atoms with Crippen LogP contribution < -0.4 is 9.62 Å². The third-order valence-electron chi connectivity index (χ3n) is 7.32. The number of halogens is 1. The summed E-state index contributed by atoms with van der Waals surface area (Å²) < 4.78 is 54.8. The van der Waals surface area contributed by atoms with Gasteiger partial charge in [0.1, 0.15) is 22.6 Å². The van der Waals surface area contributed by atoms with E-state index in [1.807, 2.05) is 31.2 Å². The van der Waals surface area contributed by atoms with Crippen molar-refractivity contribution >= 4 is 43.7 Å². The fourth-order valence-electron chi connectivity index (χ4n) is 5.01. The fraction of sp³-hybridized carbons (Fsp3) is 0.161. The zero-order chi connectivity index (χ0) is 29.9. The molecule has 11 heteroatoms. The van der Waals surface area contributed by atoms with E-state index in [2.05, 4.69) is 10.3 Å². The third-order valence-corrected chi connectivity index (χ3v) is 8.51. The quantitative estimate of drug-likeness (QED) is 0.252. The number of oxazole rings is 1. The molecule has 42 heavy (non-hydrogen) atoms. The number of rotatable bonds is 6. The van der Waals surface area contributed by atoms with Gasteiger partial charge in [-0.1, -0.05) is 35.9 Å². The second-order valence-corrected chi connectivity index (χ2v) is 12.2. The lowest BCUT2D eigenvalue weighted by Gasteiger charge is -2.20. The van der Waals surface area contributed by atoms with Gasteiger partial charge >= 0.3 is 0 Å². The Hall–Kier alpha value is -4.90. The molecule has 9 nitrogen and oxygen atoms in total. The second kappa shape index (κ2) is 9.88. The van der Waals surface area contributed by atoms with Crippen molar-refractivity contribution in [3.8, 4) is 34.0 Å². The third kappa shape index (κ3) is 4.51. The lowest BCUT2D eigenvalue weighted by molar-refractivity contribution is 0.0964. The smallest absolute Gasteiger partial charge is 0.255 e. The van der Waals surface area contributed by atoms with E-state index in [0.717, 1.165) is 16.1 Å². The number of sulfonamides is 1. The average Bonchev–Trinajstić information content (AvgIpc) is 3.66. The fourth-order valence-corrected chi connectivity index (χ4v) is 5.52. The Kier molecular flexibility index (Phi) is 6.42. The number of hydrogen-bond acceptors (Lipinski definition) is 6. The van der Waals surface area contributed by atoms with Gasteiger partial charge in [0.2, 0.25) is 15.9 Å². The first-order chi connectivity index (χ1) is 20.0. The van der Waals surface area contributed by atoms with E-state index in [-0.39, 0.29) is 17.3 Å². The molecule has 0 aliphatic rings. The number of para-hydroxylation sites is 1. The van der Waals surface area contributed by atoms with E-state index in [0.29, 0.717) is 55.9 Å². The molecule has 6 rings (SSSR count). The number of aryl methyl sites for hydroxylation is 2. The molecule has 0 saturated heterocycles. The first-order valence-electron chi connectivity index (χ1n) is 13.0. The maximum atomic E-state index is 14.3. The number of fused-ring (bicyclic) bond motifs is 2. The van der Waals surface area contributed by atoms with E-state index in [1.165, 1.54) is 13.1 Å². The number of nitrogens with zero attached hydrogens (tertiary/aromatic N) is 3. The largest absolute Gasteiger partial charge is 0.455 e. The Morgan fingerprint density at radius 1 is 1.02 bits per heavy atom. The van der Waals surface area contributed by atoms with E-state index in [1.54, 1.807) is 55.2 Å². The van der Waals surface area contributed by atoms with Crippen LogP contribution in [0.1, 0.15) is 15.9 Å². The lowest BCUT2D eigenvalue weighted by atomic mass is 9.99. The highest BCUT2D eigenvalue weighted by molar-refractivity contribution is 7.92. The van der Waals surface area contributed by atoms with Crippen LogP contribution in [0.2, 0.25) is 0 Å². The van der Waals surface area contributed by atoms with Gasteiger partial charge in [0.05, 0.1) is 17.5 Å². The van der Waals surface area contributed by atoms with Crippen molar-refractivity contribution < 1.29 is 26.4 Å². The van der Waals surface area contributed by atoms with Gasteiger partial charge in [-0.3, -0.25) is 9.10 Å². The maximum absolute atomic E-state index is 14.3. The molecule has 1 amide bonds. The molecule has 3 aromatic heterocycles. The average molecular weight is 587 g/mol. The van der Waals surface area contributed by atoms with Crippen LogP contribution >= 0.6 is 0 Å². The van der Waals surface area contributed by atoms with Gasteiger partial charge in [0.25, 0.3) is 5.91 Å². The summed E-state index contributed by atoms with van der Waals surface area (Å²) in [7, 11) is 1.10. The van der Waals surface area contributed by atoms with Crippen LogP contribution in [0.25, 0.3) is 56.1 Å². The molecule has 0 spiro atoms. The van der Waals surface area contributed by atoms with E-state index in [9.17, 15) is 17.6 Å². The number of carbonyl (C=O) groups excluding carboxylic acids is 1. The number of hydrogen-bond donors (Lipinski definition) is 1.